The van der Waals surface area contributed by atoms with Crippen LogP contribution in [0.5, 0.6) is 0 Å². The number of piperazine rings is 2. The molecule has 6 aromatic rings. The van der Waals surface area contributed by atoms with E-state index in [4.69, 9.17) is 66.7 Å². The number of anilines is 4. The van der Waals surface area contributed by atoms with E-state index in [0.29, 0.717) is 112 Å². The van der Waals surface area contributed by atoms with Crippen LogP contribution in [0.3, 0.4) is 0 Å². The molecule has 36 nitrogen and oxygen atoms in total. The van der Waals surface area contributed by atoms with Crippen molar-refractivity contribution >= 4 is 117 Å². The molecule has 2 aliphatic heterocycles. The molecular weight excluding hydrogens is 1570 g/mol. The second kappa shape index (κ2) is 52.8. The van der Waals surface area contributed by atoms with Gasteiger partial charge in [0.15, 0.2) is 11.6 Å². The van der Waals surface area contributed by atoms with Gasteiger partial charge < -0.3 is 112 Å². The molecule has 4 aromatic heterocycles. The Morgan fingerprint density at radius 2 is 0.864 bits per heavy atom. The lowest BCUT2D eigenvalue weighted by Crippen LogP contribution is -2.48. The van der Waals surface area contributed by atoms with E-state index in [1.807, 2.05) is 34.3 Å². The number of hydrogen-bond acceptors (Lipinski definition) is 28. The van der Waals surface area contributed by atoms with Gasteiger partial charge in [0.25, 0.3) is 0 Å². The normalized spacial score (nSPS) is 14.3. The minimum atomic E-state index is -1.24. The molecule has 2 aliphatic rings. The number of thioether (sulfide) groups is 2. The van der Waals surface area contributed by atoms with Crippen LogP contribution >= 0.6 is 23.5 Å². The van der Waals surface area contributed by atoms with E-state index in [-0.39, 0.29) is 74.5 Å². The number of carbonyl (C=O) groups excluding carboxylic acids is 4. The van der Waals surface area contributed by atoms with Gasteiger partial charge in [0.05, 0.1) is 115 Å². The molecule has 6 heterocycles. The van der Waals surface area contributed by atoms with Crippen LogP contribution < -0.4 is 44.2 Å². The van der Waals surface area contributed by atoms with Crippen LogP contribution in [0.2, 0.25) is 0 Å². The summed E-state index contributed by atoms with van der Waals surface area (Å²) in [6.07, 6.45) is 10.7. The standard InChI is InChI=1S/2C40H61N9O9S/c1-3-4-5-10-44-37-36-32(45-40(42)46-37)8-12-49(36)26-30-7-6-29(23-28(30)2)25-47-13-15-48(16-14-47)35(51)9-17-56-19-21-58-22-20-57-18-11-43-34(50)24-33(39(54)55)59-27-31(41)38(52)53;1-3-4-5-10-43-37-36-32(45-40(42)46-37)8-12-49(36)26-30-7-6-29(23-28(30)2)25-47-13-15-48(16-14-47)34(50)9-17-56-19-21-58-22-20-57-18-11-44-38(53)33(24-35(51)52)59-27-31(41)39(54)55/h6-8,12,23,31,33H,3-5,9-11,13-22,24-27,41H2,1-2H3,(H,43,50)(H,52,53)(H,54,55)(H3,42,44,45,46);6-8,12,23,31,33H,3-5,9-11,13-22,24-27,41H2,1-2H3,(H,44,53)(H,51,52)(H,54,55)(H3,42,43,45,46)/t2*31-,33?/m00/s1. The van der Waals surface area contributed by atoms with Gasteiger partial charge in [0.2, 0.25) is 35.5 Å². The second-order valence-electron chi connectivity index (χ2n) is 28.8. The van der Waals surface area contributed by atoms with E-state index < -0.39 is 64.7 Å². The molecule has 38 heteroatoms. The van der Waals surface area contributed by atoms with Crippen molar-refractivity contribution in [3.8, 4) is 0 Å². The summed E-state index contributed by atoms with van der Waals surface area (Å²) in [7, 11) is 0. The quantitative estimate of drug-likeness (QED) is 0.0236. The summed E-state index contributed by atoms with van der Waals surface area (Å²) in [6, 6.07) is 14.9. The van der Waals surface area contributed by atoms with E-state index in [9.17, 15) is 43.5 Å². The zero-order valence-corrected chi connectivity index (χ0v) is 70.1. The molecule has 2 saturated heterocycles. The van der Waals surface area contributed by atoms with Gasteiger partial charge in [0.1, 0.15) is 28.4 Å². The largest absolute Gasteiger partial charge is 0.481 e. The van der Waals surface area contributed by atoms with E-state index >= 15 is 0 Å². The highest BCUT2D eigenvalue weighted by Gasteiger charge is 2.28. The molecule has 16 N–H and O–H groups in total. The fraction of sp³-hybridized carbons (Fsp3) is 0.600. The minimum Gasteiger partial charge on any atom is -0.481 e. The first-order valence-corrected chi connectivity index (χ1v) is 42.5. The van der Waals surface area contributed by atoms with Crippen LogP contribution in [0.25, 0.3) is 22.1 Å². The van der Waals surface area contributed by atoms with Crippen LogP contribution in [0.15, 0.2) is 60.9 Å². The van der Waals surface area contributed by atoms with Crippen molar-refractivity contribution in [1.82, 2.24) is 59.3 Å². The SMILES string of the molecule is CCCCCNc1nc(N)nc2ccn(Cc3ccc(CN4CCN(C(=O)CCOCCOCCOCCNC(=O)C(CC(=O)O)SC[C@H](N)C(=O)O)CC4)cc3C)c12.CCCCCNc1nc(N)nc2ccn(Cc3ccc(CN4CCN(C(=O)CCOCCOCCOCCNC(=O)CC(SC[C@H](N)C(=O)O)C(=O)O)CC4)cc3C)c12. The molecular formula is C80H122N18O18S2. The Kier molecular flexibility index (Phi) is 43.0. The monoisotopic (exact) mass is 1690 g/mol. The number of nitrogens with one attached hydrogen (secondary N) is 4. The molecule has 8 rings (SSSR count). The molecule has 2 aromatic carbocycles. The number of nitrogen functional groups attached to an aromatic ring is 2. The Morgan fingerprint density at radius 3 is 1.25 bits per heavy atom. The highest BCUT2D eigenvalue weighted by Crippen LogP contribution is 2.28. The third-order valence-electron chi connectivity index (χ3n) is 19.6. The highest BCUT2D eigenvalue weighted by molar-refractivity contribution is 8.00. The second-order valence-corrected chi connectivity index (χ2v) is 31.3. The lowest BCUT2D eigenvalue weighted by Gasteiger charge is -2.35. The molecule has 118 heavy (non-hydrogen) atoms. The van der Waals surface area contributed by atoms with Gasteiger partial charge in [-0.25, -0.2) is 9.97 Å². The maximum atomic E-state index is 12.8. The van der Waals surface area contributed by atoms with Crippen LogP contribution in [-0.2, 0) is 93.0 Å². The van der Waals surface area contributed by atoms with Crippen molar-refractivity contribution in [2.24, 2.45) is 11.5 Å². The predicted octanol–water partition coefficient (Wildman–Crippen LogP) is 4.32. The summed E-state index contributed by atoms with van der Waals surface area (Å²) < 4.78 is 37.4. The fourth-order valence-electron chi connectivity index (χ4n) is 13.0. The summed E-state index contributed by atoms with van der Waals surface area (Å²) in [4.78, 5) is 121. The maximum absolute atomic E-state index is 12.8. The number of aryl methyl sites for hydroxylation is 2. The number of amides is 4. The first-order chi connectivity index (χ1) is 56.9. The number of aliphatic carboxylic acids is 4. The number of ether oxygens (including phenoxy) is 6. The van der Waals surface area contributed by atoms with Crippen molar-refractivity contribution in [2.75, 3.05) is 191 Å². The van der Waals surface area contributed by atoms with Crippen molar-refractivity contribution < 1.29 is 87.2 Å². The van der Waals surface area contributed by atoms with Gasteiger partial charge in [-0.1, -0.05) is 75.9 Å². The van der Waals surface area contributed by atoms with Gasteiger partial charge in [-0.15, -0.1) is 23.5 Å². The average molecular weight is 1690 g/mol. The van der Waals surface area contributed by atoms with Gasteiger partial charge in [-0.3, -0.25) is 48.2 Å². The number of carboxylic acids is 4. The first-order valence-electron chi connectivity index (χ1n) is 40.4. The molecule has 0 radical (unpaired) electrons. The molecule has 4 atom stereocenters. The summed E-state index contributed by atoms with van der Waals surface area (Å²) in [5.41, 5.74) is 33.8. The molecule has 2 unspecified atom stereocenters. The number of benzene rings is 2. The number of carbonyl (C=O) groups is 8. The summed E-state index contributed by atoms with van der Waals surface area (Å²) in [6.45, 7) is 23.2. The predicted molar refractivity (Wildman–Crippen MR) is 453 cm³/mol. The smallest absolute Gasteiger partial charge is 0.321 e. The zero-order valence-electron chi connectivity index (χ0n) is 68.5. The number of unbranched alkanes of at least 4 members (excludes halogenated alkanes) is 4. The number of nitrogens with two attached hydrogens (primary N) is 4. The van der Waals surface area contributed by atoms with Gasteiger partial charge in [-0.05, 0) is 72.2 Å². The number of rotatable bonds is 56. The number of aromatic nitrogens is 6. The zero-order chi connectivity index (χ0) is 85.1. The Morgan fingerprint density at radius 1 is 0.466 bits per heavy atom. The number of hydrogen-bond donors (Lipinski definition) is 12. The van der Waals surface area contributed by atoms with Crippen molar-refractivity contribution in [1.29, 1.82) is 0 Å². The highest BCUT2D eigenvalue weighted by atomic mass is 32.2. The molecule has 0 spiro atoms. The first kappa shape index (κ1) is 96.1. The Labute approximate surface area is 697 Å². The Bertz CT molecular complexity index is 4130. The minimum absolute atomic E-state index is 0.0768. The summed E-state index contributed by atoms with van der Waals surface area (Å²) >= 11 is 1.70. The van der Waals surface area contributed by atoms with Crippen LogP contribution in [0.4, 0.5) is 23.5 Å². The lowest BCUT2D eigenvalue weighted by atomic mass is 10.0. The molecule has 652 valence electrons. The summed E-state index contributed by atoms with van der Waals surface area (Å²) in [5, 5.41) is 46.1. The topological polar surface area (TPSA) is 499 Å². The third-order valence-corrected chi connectivity index (χ3v) is 22.2. The van der Waals surface area contributed by atoms with Crippen LogP contribution in [0.1, 0.15) is 111 Å². The average Bonchev–Trinajstić information content (AvgIpc) is 1.64. The van der Waals surface area contributed by atoms with Crippen LogP contribution in [-0.4, -0.2) is 309 Å². The van der Waals surface area contributed by atoms with Crippen molar-refractivity contribution in [3.05, 3.63) is 94.3 Å². The third kappa shape index (κ3) is 34.3. The summed E-state index contributed by atoms with van der Waals surface area (Å²) in [5.74, 6) is -3.84. The molecule has 0 aliphatic carbocycles. The number of nitrogens with zero attached hydrogens (tertiary/aromatic N) is 10. The maximum Gasteiger partial charge on any atom is 0.321 e. The van der Waals surface area contributed by atoms with Crippen molar-refractivity contribution in [2.45, 2.75) is 141 Å². The van der Waals surface area contributed by atoms with E-state index in [1.54, 1.807) is 0 Å². The Balaban J connectivity index is 0.000000326. The van der Waals surface area contributed by atoms with E-state index in [1.165, 1.54) is 33.4 Å². The molecule has 2 fully saturated rings. The van der Waals surface area contributed by atoms with Gasteiger partial charge >= 0.3 is 23.9 Å². The van der Waals surface area contributed by atoms with Gasteiger partial charge in [-0.2, -0.15) is 9.97 Å². The number of carboxylic acid groups (broad SMARTS) is 4. The molecule has 4 amide bonds. The van der Waals surface area contributed by atoms with Gasteiger partial charge in [0, 0.05) is 135 Å². The Hall–Kier alpha value is -9.06. The molecule has 0 saturated carbocycles. The fourth-order valence-corrected chi connectivity index (χ4v) is 15.0. The van der Waals surface area contributed by atoms with Crippen LogP contribution in [0, 0.1) is 13.8 Å². The number of fused-ring (bicyclic) bond motifs is 2. The van der Waals surface area contributed by atoms with E-state index in [2.05, 4.69) is 124 Å². The molecule has 0 bridgehead atoms. The lowest BCUT2D eigenvalue weighted by molar-refractivity contribution is -0.139. The van der Waals surface area contributed by atoms with Crippen molar-refractivity contribution in [3.63, 3.8) is 0 Å². The van der Waals surface area contributed by atoms with E-state index in [0.717, 1.165) is 148 Å².